The summed E-state index contributed by atoms with van der Waals surface area (Å²) in [4.78, 5) is 13.7. The minimum atomic E-state index is -0.0758. The molecule has 2 rings (SSSR count). The van der Waals surface area contributed by atoms with Crippen molar-refractivity contribution in [2.45, 2.75) is 44.2 Å². The van der Waals surface area contributed by atoms with Crippen LogP contribution < -0.4 is 11.1 Å². The van der Waals surface area contributed by atoms with Gasteiger partial charge in [0.25, 0.3) is 0 Å². The number of likely N-dealkylation sites (tertiary alicyclic amines) is 1. The molecule has 0 atom stereocenters. The van der Waals surface area contributed by atoms with Gasteiger partial charge >= 0.3 is 0 Å². The van der Waals surface area contributed by atoms with Gasteiger partial charge in [0.2, 0.25) is 5.91 Å². The Morgan fingerprint density at radius 1 is 1.47 bits per heavy atom. The summed E-state index contributed by atoms with van der Waals surface area (Å²) in [5.41, 5.74) is 5.80. The molecular formula is C11H21N3O. The molecule has 0 aromatic carbocycles. The van der Waals surface area contributed by atoms with Gasteiger partial charge in [0.15, 0.2) is 0 Å². The van der Waals surface area contributed by atoms with E-state index in [-0.39, 0.29) is 11.4 Å². The van der Waals surface area contributed by atoms with Gasteiger partial charge in [-0.25, -0.2) is 0 Å². The van der Waals surface area contributed by atoms with E-state index in [9.17, 15) is 4.79 Å². The predicted octanol–water partition coefficient (Wildman–Crippen LogP) is 0.0782. The van der Waals surface area contributed by atoms with E-state index in [1.807, 2.05) is 6.92 Å². The van der Waals surface area contributed by atoms with Gasteiger partial charge in [-0.05, 0) is 19.8 Å². The van der Waals surface area contributed by atoms with Gasteiger partial charge in [0.05, 0.1) is 6.54 Å². The van der Waals surface area contributed by atoms with Crippen molar-refractivity contribution in [2.75, 3.05) is 19.6 Å². The number of hydrogen-bond donors (Lipinski definition) is 2. The fourth-order valence-electron chi connectivity index (χ4n) is 2.63. The van der Waals surface area contributed by atoms with Crippen molar-refractivity contribution in [3.05, 3.63) is 0 Å². The van der Waals surface area contributed by atoms with Gasteiger partial charge in [-0.15, -0.1) is 0 Å². The average Bonchev–Trinajstić information content (AvgIpc) is 2.52. The van der Waals surface area contributed by atoms with E-state index in [2.05, 4.69) is 10.2 Å². The molecule has 1 aliphatic carbocycles. The van der Waals surface area contributed by atoms with Gasteiger partial charge < -0.3 is 11.1 Å². The summed E-state index contributed by atoms with van der Waals surface area (Å²) in [6, 6.07) is 0.433. The molecule has 0 aromatic heterocycles. The van der Waals surface area contributed by atoms with Gasteiger partial charge in [0.1, 0.15) is 0 Å². The van der Waals surface area contributed by atoms with Gasteiger partial charge in [-0.3, -0.25) is 9.69 Å². The number of hydrogen-bond acceptors (Lipinski definition) is 3. The smallest absolute Gasteiger partial charge is 0.234 e. The average molecular weight is 211 g/mol. The summed E-state index contributed by atoms with van der Waals surface area (Å²) in [6.07, 6.45) is 4.83. The highest BCUT2D eigenvalue weighted by Gasteiger charge is 2.35. The zero-order valence-electron chi connectivity index (χ0n) is 9.46. The molecule has 4 nitrogen and oxygen atoms in total. The summed E-state index contributed by atoms with van der Waals surface area (Å²) in [7, 11) is 0. The normalized spacial score (nSPS) is 26.3. The lowest BCUT2D eigenvalue weighted by Crippen LogP contribution is -2.66. The molecule has 2 fully saturated rings. The Morgan fingerprint density at radius 2 is 2.07 bits per heavy atom. The third-order valence-corrected chi connectivity index (χ3v) is 3.26. The number of carbonyl (C=O) groups is 1. The number of nitrogens with two attached hydrogens (primary N) is 1. The third-order valence-electron chi connectivity index (χ3n) is 3.26. The van der Waals surface area contributed by atoms with Crippen molar-refractivity contribution >= 4 is 5.91 Å². The van der Waals surface area contributed by atoms with E-state index in [1.165, 1.54) is 12.8 Å². The van der Waals surface area contributed by atoms with Crippen molar-refractivity contribution in [3.63, 3.8) is 0 Å². The molecule has 1 saturated heterocycles. The number of amides is 1. The van der Waals surface area contributed by atoms with Crippen LogP contribution in [0.5, 0.6) is 0 Å². The number of nitrogens with one attached hydrogen (secondary N) is 1. The summed E-state index contributed by atoms with van der Waals surface area (Å²) in [5.74, 6) is 0.164. The van der Waals surface area contributed by atoms with Gasteiger partial charge in [-0.2, -0.15) is 0 Å². The molecule has 0 radical (unpaired) electrons. The molecule has 1 aliphatic heterocycles. The molecule has 1 heterocycles. The molecular weight excluding hydrogens is 190 g/mol. The Morgan fingerprint density at radius 3 is 2.60 bits per heavy atom. The zero-order valence-corrected chi connectivity index (χ0v) is 9.46. The maximum Gasteiger partial charge on any atom is 0.234 e. The first-order valence-corrected chi connectivity index (χ1v) is 5.86. The second kappa shape index (κ2) is 4.10. The molecule has 0 bridgehead atoms. The standard InChI is InChI=1S/C11H21N3O/c1-11(12)7-14(8-11)6-10(15)13-9-4-2-3-5-9/h9H,2-8,12H2,1H3,(H,13,15). The quantitative estimate of drug-likeness (QED) is 0.695. The second-order valence-corrected chi connectivity index (χ2v) is 5.35. The van der Waals surface area contributed by atoms with Crippen LogP contribution in [0.2, 0.25) is 0 Å². The number of nitrogens with zero attached hydrogens (tertiary/aromatic N) is 1. The minimum Gasteiger partial charge on any atom is -0.352 e. The monoisotopic (exact) mass is 211 g/mol. The summed E-state index contributed by atoms with van der Waals surface area (Å²) < 4.78 is 0. The zero-order chi connectivity index (χ0) is 10.9. The molecule has 0 spiro atoms. The van der Waals surface area contributed by atoms with E-state index in [0.29, 0.717) is 12.6 Å². The Bertz CT molecular complexity index is 238. The molecule has 1 saturated carbocycles. The van der Waals surface area contributed by atoms with Crippen LogP contribution in [0.1, 0.15) is 32.6 Å². The first-order valence-electron chi connectivity index (χ1n) is 5.86. The maximum atomic E-state index is 11.6. The minimum absolute atomic E-state index is 0.0758. The number of carbonyl (C=O) groups excluding carboxylic acids is 1. The lowest BCUT2D eigenvalue weighted by molar-refractivity contribution is -0.124. The highest BCUT2D eigenvalue weighted by atomic mass is 16.2. The molecule has 2 aliphatic rings. The lowest BCUT2D eigenvalue weighted by atomic mass is 9.94. The van der Waals surface area contributed by atoms with Crippen LogP contribution >= 0.6 is 0 Å². The summed E-state index contributed by atoms with van der Waals surface area (Å²) >= 11 is 0. The van der Waals surface area contributed by atoms with Crippen LogP contribution in [0, 0.1) is 0 Å². The highest BCUT2D eigenvalue weighted by Crippen LogP contribution is 2.18. The van der Waals surface area contributed by atoms with Crippen molar-refractivity contribution in [3.8, 4) is 0 Å². The van der Waals surface area contributed by atoms with E-state index >= 15 is 0 Å². The fraction of sp³-hybridized carbons (Fsp3) is 0.909. The molecule has 4 heteroatoms. The van der Waals surface area contributed by atoms with Crippen LogP contribution in [0.25, 0.3) is 0 Å². The molecule has 0 aromatic rings. The largest absolute Gasteiger partial charge is 0.352 e. The lowest BCUT2D eigenvalue weighted by Gasteiger charge is -2.45. The second-order valence-electron chi connectivity index (χ2n) is 5.35. The van der Waals surface area contributed by atoms with Crippen molar-refractivity contribution < 1.29 is 4.79 Å². The first-order chi connectivity index (χ1) is 7.05. The summed E-state index contributed by atoms with van der Waals surface area (Å²) in [6.45, 7) is 4.22. The summed E-state index contributed by atoms with van der Waals surface area (Å²) in [5, 5.41) is 3.08. The molecule has 0 unspecified atom stereocenters. The van der Waals surface area contributed by atoms with Crippen molar-refractivity contribution in [1.82, 2.24) is 10.2 Å². The highest BCUT2D eigenvalue weighted by molar-refractivity contribution is 5.78. The Balaban J connectivity index is 1.65. The van der Waals surface area contributed by atoms with E-state index in [0.717, 1.165) is 25.9 Å². The van der Waals surface area contributed by atoms with Crippen molar-refractivity contribution in [2.24, 2.45) is 5.73 Å². The molecule has 15 heavy (non-hydrogen) atoms. The number of rotatable bonds is 3. The van der Waals surface area contributed by atoms with Crippen LogP contribution in [-0.2, 0) is 4.79 Å². The van der Waals surface area contributed by atoms with Crippen LogP contribution in [-0.4, -0.2) is 42.0 Å². The molecule has 3 N–H and O–H groups in total. The van der Waals surface area contributed by atoms with Gasteiger partial charge in [-0.1, -0.05) is 12.8 Å². The van der Waals surface area contributed by atoms with E-state index < -0.39 is 0 Å². The molecule has 86 valence electrons. The van der Waals surface area contributed by atoms with E-state index in [4.69, 9.17) is 5.73 Å². The fourth-order valence-corrected chi connectivity index (χ4v) is 2.63. The van der Waals surface area contributed by atoms with Crippen LogP contribution in [0.15, 0.2) is 0 Å². The van der Waals surface area contributed by atoms with Gasteiger partial charge in [0, 0.05) is 24.7 Å². The predicted molar refractivity (Wildman–Crippen MR) is 59.4 cm³/mol. The Labute approximate surface area is 91.2 Å². The van der Waals surface area contributed by atoms with Crippen LogP contribution in [0.4, 0.5) is 0 Å². The van der Waals surface area contributed by atoms with Crippen molar-refractivity contribution in [1.29, 1.82) is 0 Å². The molecule has 1 amide bonds. The SMILES string of the molecule is CC1(N)CN(CC(=O)NC2CCCC2)C1. The van der Waals surface area contributed by atoms with E-state index in [1.54, 1.807) is 0 Å². The van der Waals surface area contributed by atoms with Crippen LogP contribution in [0.3, 0.4) is 0 Å². The first kappa shape index (κ1) is 10.9. The third kappa shape index (κ3) is 2.92. The maximum absolute atomic E-state index is 11.6. The topological polar surface area (TPSA) is 58.4 Å². The Kier molecular flexibility index (Phi) is 2.98. The Hall–Kier alpha value is -0.610.